The van der Waals surface area contributed by atoms with Gasteiger partial charge in [0.15, 0.2) is 17.8 Å². The molecule has 38 heavy (non-hydrogen) atoms. The second-order valence-electron chi connectivity index (χ2n) is 8.70. The van der Waals surface area contributed by atoms with E-state index in [4.69, 9.17) is 25.8 Å². The normalized spacial score (nSPS) is 17.6. The summed E-state index contributed by atoms with van der Waals surface area (Å²) in [6.45, 7) is 0. The van der Waals surface area contributed by atoms with Crippen LogP contribution in [0.4, 0.5) is 4.79 Å². The highest BCUT2D eigenvalue weighted by molar-refractivity contribution is 6.30. The van der Waals surface area contributed by atoms with Gasteiger partial charge in [-0.2, -0.15) is 0 Å². The van der Waals surface area contributed by atoms with Crippen molar-refractivity contribution in [2.24, 2.45) is 5.92 Å². The molecule has 0 radical (unpaired) electrons. The van der Waals surface area contributed by atoms with Gasteiger partial charge in [-0.1, -0.05) is 72.3 Å². The SMILES string of the molecule is COC(=O)C(C(=O)OC)[C@@H](CC(=O)c1ccc(Cl)cc1)N1C(=O)O[C@H](c2ccccc2)[C@@H]1c1ccccc1. The fourth-order valence-electron chi connectivity index (χ4n) is 4.70. The van der Waals surface area contributed by atoms with Crippen molar-refractivity contribution in [1.82, 2.24) is 4.90 Å². The van der Waals surface area contributed by atoms with Gasteiger partial charge in [0.2, 0.25) is 0 Å². The van der Waals surface area contributed by atoms with Gasteiger partial charge in [-0.25, -0.2) is 4.79 Å². The molecule has 0 spiro atoms. The number of Topliss-reactive ketones (excluding diaryl/α,β-unsaturated/α-hetero) is 1. The van der Waals surface area contributed by atoms with Crippen LogP contribution < -0.4 is 0 Å². The Hall–Kier alpha value is -4.17. The Morgan fingerprint density at radius 1 is 0.842 bits per heavy atom. The monoisotopic (exact) mass is 535 g/mol. The molecule has 4 rings (SSSR count). The molecule has 1 heterocycles. The Balaban J connectivity index is 1.85. The number of rotatable bonds is 9. The lowest BCUT2D eigenvalue weighted by molar-refractivity contribution is -0.161. The maximum Gasteiger partial charge on any atom is 0.411 e. The van der Waals surface area contributed by atoms with Crippen molar-refractivity contribution in [1.29, 1.82) is 0 Å². The summed E-state index contributed by atoms with van der Waals surface area (Å²) in [4.78, 5) is 54.1. The Kier molecular flexibility index (Phi) is 8.43. The minimum absolute atomic E-state index is 0.302. The van der Waals surface area contributed by atoms with E-state index in [1.807, 2.05) is 60.7 Å². The van der Waals surface area contributed by atoms with Gasteiger partial charge in [0.25, 0.3) is 0 Å². The molecule has 1 saturated heterocycles. The maximum atomic E-state index is 13.5. The second kappa shape index (κ2) is 11.9. The maximum absolute atomic E-state index is 13.5. The molecule has 3 atom stereocenters. The third-order valence-electron chi connectivity index (χ3n) is 6.51. The third-order valence-corrected chi connectivity index (χ3v) is 6.76. The lowest BCUT2D eigenvalue weighted by atomic mass is 9.88. The highest BCUT2D eigenvalue weighted by Crippen LogP contribution is 2.46. The topological polar surface area (TPSA) is 99.2 Å². The molecule has 0 bridgehead atoms. The quantitative estimate of drug-likeness (QED) is 0.161. The van der Waals surface area contributed by atoms with Crippen LogP contribution in [-0.4, -0.2) is 49.0 Å². The highest BCUT2D eigenvalue weighted by atomic mass is 35.5. The molecule has 196 valence electrons. The molecular formula is C29H26ClNO7. The molecule has 0 aliphatic carbocycles. The molecule has 0 saturated carbocycles. The molecule has 0 aromatic heterocycles. The lowest BCUT2D eigenvalue weighted by Gasteiger charge is -2.34. The van der Waals surface area contributed by atoms with Crippen molar-refractivity contribution in [2.75, 3.05) is 14.2 Å². The fraction of sp³-hybridized carbons (Fsp3) is 0.241. The van der Waals surface area contributed by atoms with Crippen molar-refractivity contribution in [3.63, 3.8) is 0 Å². The number of methoxy groups -OCH3 is 2. The zero-order valence-electron chi connectivity index (χ0n) is 20.8. The number of benzene rings is 3. The number of nitrogens with zero attached hydrogens (tertiary/aromatic N) is 1. The Morgan fingerprint density at radius 3 is 1.89 bits per heavy atom. The van der Waals surface area contributed by atoms with Crippen LogP contribution in [0, 0.1) is 5.92 Å². The standard InChI is InChI=1S/C29H26ClNO7/c1-36-27(33)24(28(34)37-2)22(17-23(32)18-13-15-21(30)16-14-18)31-25(19-9-5-3-6-10-19)26(38-29(31)35)20-11-7-4-8-12-20/h3-16,22,24-26H,17H2,1-2H3/t22-,25+,26-/m1/s1. The molecule has 8 nitrogen and oxygen atoms in total. The summed E-state index contributed by atoms with van der Waals surface area (Å²) >= 11 is 5.97. The van der Waals surface area contributed by atoms with Gasteiger partial charge in [0, 0.05) is 17.0 Å². The summed E-state index contributed by atoms with van der Waals surface area (Å²) in [5.41, 5.74) is 1.72. The first-order chi connectivity index (χ1) is 18.3. The van der Waals surface area contributed by atoms with Crippen LogP contribution in [0.5, 0.6) is 0 Å². The number of amides is 1. The van der Waals surface area contributed by atoms with Gasteiger partial charge >= 0.3 is 18.0 Å². The molecule has 1 amide bonds. The van der Waals surface area contributed by atoms with Gasteiger partial charge in [0.1, 0.15) is 6.04 Å². The fourth-order valence-corrected chi connectivity index (χ4v) is 4.82. The van der Waals surface area contributed by atoms with Crippen molar-refractivity contribution < 1.29 is 33.4 Å². The lowest BCUT2D eigenvalue weighted by Crippen LogP contribution is -2.50. The number of cyclic esters (lactones) is 1. The number of esters is 2. The second-order valence-corrected chi connectivity index (χ2v) is 9.14. The van der Waals surface area contributed by atoms with Gasteiger partial charge in [0.05, 0.1) is 20.3 Å². The predicted octanol–water partition coefficient (Wildman–Crippen LogP) is 5.18. The average molecular weight is 536 g/mol. The first-order valence-electron chi connectivity index (χ1n) is 11.9. The third kappa shape index (κ3) is 5.55. The number of carbonyl (C=O) groups excluding carboxylic acids is 4. The number of halogens is 1. The van der Waals surface area contributed by atoms with E-state index in [-0.39, 0.29) is 6.42 Å². The van der Waals surface area contributed by atoms with Crippen molar-refractivity contribution in [3.8, 4) is 0 Å². The minimum atomic E-state index is -1.60. The number of ether oxygens (including phenoxy) is 3. The van der Waals surface area contributed by atoms with Crippen LogP contribution in [0.15, 0.2) is 84.9 Å². The summed E-state index contributed by atoms with van der Waals surface area (Å²) in [5.74, 6) is -3.89. The van der Waals surface area contributed by atoms with Gasteiger partial charge in [-0.3, -0.25) is 19.3 Å². The van der Waals surface area contributed by atoms with Gasteiger partial charge < -0.3 is 14.2 Å². The average Bonchev–Trinajstić information content (AvgIpc) is 3.30. The van der Waals surface area contributed by atoms with E-state index in [1.165, 1.54) is 17.0 Å². The summed E-state index contributed by atoms with van der Waals surface area (Å²) in [6.07, 6.45) is -1.93. The first-order valence-corrected chi connectivity index (χ1v) is 12.3. The molecule has 0 unspecified atom stereocenters. The minimum Gasteiger partial charge on any atom is -0.468 e. The Morgan fingerprint density at radius 2 is 1.37 bits per heavy atom. The van der Waals surface area contributed by atoms with Crippen molar-refractivity contribution in [3.05, 3.63) is 107 Å². The Labute approximate surface area is 225 Å². The number of carbonyl (C=O) groups is 4. The molecule has 1 aliphatic heterocycles. The van der Waals surface area contributed by atoms with E-state index in [9.17, 15) is 19.2 Å². The van der Waals surface area contributed by atoms with E-state index in [1.54, 1.807) is 12.1 Å². The molecule has 1 aliphatic rings. The first kappa shape index (κ1) is 26.9. The van der Waals surface area contributed by atoms with E-state index in [2.05, 4.69) is 0 Å². The molecule has 1 fully saturated rings. The number of hydrogen-bond acceptors (Lipinski definition) is 7. The van der Waals surface area contributed by atoms with Crippen LogP contribution >= 0.6 is 11.6 Å². The largest absolute Gasteiger partial charge is 0.468 e. The summed E-state index contributed by atoms with van der Waals surface area (Å²) in [5, 5.41) is 0.443. The van der Waals surface area contributed by atoms with E-state index >= 15 is 0 Å². The van der Waals surface area contributed by atoms with E-state index < -0.39 is 47.9 Å². The van der Waals surface area contributed by atoms with Crippen LogP contribution in [0.3, 0.4) is 0 Å². The van der Waals surface area contributed by atoms with Crippen LogP contribution in [0.2, 0.25) is 5.02 Å². The molecular weight excluding hydrogens is 510 g/mol. The van der Waals surface area contributed by atoms with Gasteiger partial charge in [-0.15, -0.1) is 0 Å². The molecule has 3 aromatic rings. The van der Waals surface area contributed by atoms with Crippen LogP contribution in [0.25, 0.3) is 0 Å². The Bertz CT molecular complexity index is 1280. The number of ketones is 1. The highest BCUT2D eigenvalue weighted by Gasteiger charge is 2.52. The van der Waals surface area contributed by atoms with Crippen LogP contribution in [-0.2, 0) is 23.8 Å². The van der Waals surface area contributed by atoms with Crippen molar-refractivity contribution >= 4 is 35.4 Å². The van der Waals surface area contributed by atoms with E-state index in [0.717, 1.165) is 14.2 Å². The predicted molar refractivity (Wildman–Crippen MR) is 138 cm³/mol. The molecule has 3 aromatic carbocycles. The summed E-state index contributed by atoms with van der Waals surface area (Å²) in [7, 11) is 2.25. The summed E-state index contributed by atoms with van der Waals surface area (Å²) < 4.78 is 15.7. The summed E-state index contributed by atoms with van der Waals surface area (Å²) in [6, 6.07) is 22.4. The zero-order valence-corrected chi connectivity index (χ0v) is 21.5. The van der Waals surface area contributed by atoms with Crippen LogP contribution in [0.1, 0.15) is 40.1 Å². The number of hydrogen-bond donors (Lipinski definition) is 0. The molecule has 0 N–H and O–H groups in total. The van der Waals surface area contributed by atoms with Crippen molar-refractivity contribution in [2.45, 2.75) is 24.6 Å². The van der Waals surface area contributed by atoms with E-state index in [0.29, 0.717) is 21.7 Å². The zero-order chi connectivity index (χ0) is 27.2. The smallest absolute Gasteiger partial charge is 0.411 e. The molecule has 9 heteroatoms. The van der Waals surface area contributed by atoms with Gasteiger partial charge in [-0.05, 0) is 35.4 Å².